The summed E-state index contributed by atoms with van der Waals surface area (Å²) in [6.07, 6.45) is 4.46. The minimum absolute atomic E-state index is 0.0738. The second-order valence-electron chi connectivity index (χ2n) is 6.46. The third-order valence-electron chi connectivity index (χ3n) is 4.55. The molecular weight excluding hydrogens is 312 g/mol. The number of furan rings is 1. The largest absolute Gasteiger partial charge is 0.464 e. The van der Waals surface area contributed by atoms with Crippen LogP contribution in [0.25, 0.3) is 0 Å². The van der Waals surface area contributed by atoms with Crippen molar-refractivity contribution in [1.82, 2.24) is 4.90 Å². The van der Waals surface area contributed by atoms with Gasteiger partial charge in [-0.25, -0.2) is 4.79 Å². The quantitative estimate of drug-likeness (QED) is 0.804. The van der Waals surface area contributed by atoms with Crippen molar-refractivity contribution in [3.05, 3.63) is 53.5 Å². The summed E-state index contributed by atoms with van der Waals surface area (Å²) in [6, 6.07) is 11.7. The highest BCUT2D eigenvalue weighted by atomic mass is 16.3. The van der Waals surface area contributed by atoms with E-state index in [2.05, 4.69) is 17.2 Å². The molecule has 0 bridgehead atoms. The molecule has 1 aliphatic carbocycles. The lowest BCUT2D eigenvalue weighted by atomic mass is 10.2. The van der Waals surface area contributed by atoms with E-state index in [0.29, 0.717) is 6.54 Å². The lowest BCUT2D eigenvalue weighted by molar-refractivity contribution is 0.178. The van der Waals surface area contributed by atoms with Gasteiger partial charge in [-0.1, -0.05) is 18.8 Å². The number of hydrogen-bond donors (Lipinski definition) is 1. The van der Waals surface area contributed by atoms with Crippen LogP contribution in [0.2, 0.25) is 0 Å². The lowest BCUT2D eigenvalue weighted by Crippen LogP contribution is -2.41. The van der Waals surface area contributed by atoms with Crippen molar-refractivity contribution < 1.29 is 9.21 Å². The molecule has 4 nitrogen and oxygen atoms in total. The van der Waals surface area contributed by atoms with Gasteiger partial charge in [0.15, 0.2) is 0 Å². The maximum absolute atomic E-state index is 12.9. The van der Waals surface area contributed by atoms with Gasteiger partial charge in [0.1, 0.15) is 11.5 Å². The first-order valence-corrected chi connectivity index (χ1v) is 8.81. The van der Waals surface area contributed by atoms with E-state index in [1.54, 1.807) is 0 Å². The molecule has 25 heavy (non-hydrogen) atoms. The molecule has 1 aromatic carbocycles. The fourth-order valence-electron chi connectivity index (χ4n) is 3.30. The van der Waals surface area contributed by atoms with E-state index < -0.39 is 0 Å². The number of aryl methyl sites for hydroxylation is 1. The van der Waals surface area contributed by atoms with E-state index >= 15 is 0 Å². The summed E-state index contributed by atoms with van der Waals surface area (Å²) in [4.78, 5) is 14.8. The Morgan fingerprint density at radius 1 is 1.20 bits per heavy atom. The average Bonchev–Trinajstić information content (AvgIpc) is 3.26. The Bertz CT molecular complexity index is 774. The third kappa shape index (κ3) is 4.45. The summed E-state index contributed by atoms with van der Waals surface area (Å²) < 4.78 is 5.68. The summed E-state index contributed by atoms with van der Waals surface area (Å²) in [5, 5.41) is 3.01. The fourth-order valence-corrected chi connectivity index (χ4v) is 3.30. The Hall–Kier alpha value is -2.67. The van der Waals surface area contributed by atoms with Crippen molar-refractivity contribution in [1.29, 1.82) is 0 Å². The maximum atomic E-state index is 12.9. The van der Waals surface area contributed by atoms with E-state index in [1.165, 1.54) is 12.8 Å². The first kappa shape index (κ1) is 17.2. The van der Waals surface area contributed by atoms with Gasteiger partial charge in [-0.05, 0) is 63.1 Å². The highest BCUT2D eigenvalue weighted by molar-refractivity contribution is 5.89. The minimum atomic E-state index is -0.0738. The summed E-state index contributed by atoms with van der Waals surface area (Å²) in [5.41, 5.74) is 1.73. The predicted octanol–water partition coefficient (Wildman–Crippen LogP) is 4.94. The van der Waals surface area contributed by atoms with Crippen molar-refractivity contribution in [2.45, 2.75) is 52.1 Å². The first-order chi connectivity index (χ1) is 12.2. The molecule has 1 saturated carbocycles. The van der Waals surface area contributed by atoms with Crippen LogP contribution >= 0.6 is 0 Å². The number of carbonyl (C=O) groups is 1. The zero-order valence-electron chi connectivity index (χ0n) is 14.8. The predicted molar refractivity (Wildman–Crippen MR) is 99.3 cm³/mol. The van der Waals surface area contributed by atoms with Crippen LogP contribution in [0.1, 0.15) is 49.7 Å². The molecule has 0 unspecified atom stereocenters. The van der Waals surface area contributed by atoms with Gasteiger partial charge >= 0.3 is 6.03 Å². The van der Waals surface area contributed by atoms with Crippen LogP contribution in [-0.4, -0.2) is 17.0 Å². The smallest absolute Gasteiger partial charge is 0.322 e. The van der Waals surface area contributed by atoms with Crippen molar-refractivity contribution >= 4 is 11.7 Å². The second-order valence-corrected chi connectivity index (χ2v) is 6.46. The van der Waals surface area contributed by atoms with Crippen LogP contribution in [0.5, 0.6) is 0 Å². The molecule has 1 aromatic heterocycles. The van der Waals surface area contributed by atoms with Crippen LogP contribution in [0, 0.1) is 18.8 Å². The van der Waals surface area contributed by atoms with Gasteiger partial charge in [-0.3, -0.25) is 0 Å². The number of urea groups is 1. The van der Waals surface area contributed by atoms with Gasteiger partial charge in [0.05, 0.1) is 6.54 Å². The molecule has 0 spiro atoms. The fraction of sp³-hybridized carbons (Fsp3) is 0.381. The van der Waals surface area contributed by atoms with Crippen molar-refractivity contribution in [3.63, 3.8) is 0 Å². The topological polar surface area (TPSA) is 45.5 Å². The molecule has 1 N–H and O–H groups in total. The van der Waals surface area contributed by atoms with E-state index in [-0.39, 0.29) is 12.1 Å². The van der Waals surface area contributed by atoms with Gasteiger partial charge in [-0.2, -0.15) is 0 Å². The minimum Gasteiger partial charge on any atom is -0.464 e. The van der Waals surface area contributed by atoms with Crippen LogP contribution in [0.3, 0.4) is 0 Å². The van der Waals surface area contributed by atoms with E-state index in [0.717, 1.165) is 35.6 Å². The van der Waals surface area contributed by atoms with Crippen LogP contribution in [-0.2, 0) is 6.54 Å². The average molecular weight is 336 g/mol. The van der Waals surface area contributed by atoms with Gasteiger partial charge < -0.3 is 14.6 Å². The standard InChI is InChI=1S/C21H24N2O2/c1-3-6-17-10-12-18(13-11-17)22-21(24)23(19-7-4-5-8-19)15-20-14-9-16(2)25-20/h9-14,19H,4-5,7-8,15H2,1-2H3,(H,22,24). The van der Waals surface area contributed by atoms with Gasteiger partial charge in [0.2, 0.25) is 0 Å². The summed E-state index contributed by atoms with van der Waals surface area (Å²) in [7, 11) is 0. The Kier molecular flexibility index (Phi) is 5.45. The number of rotatable bonds is 4. The van der Waals surface area contributed by atoms with E-state index in [9.17, 15) is 4.79 Å². The molecule has 0 radical (unpaired) electrons. The summed E-state index contributed by atoms with van der Waals surface area (Å²) >= 11 is 0. The highest BCUT2D eigenvalue weighted by Crippen LogP contribution is 2.26. The van der Waals surface area contributed by atoms with Crippen molar-refractivity contribution in [3.8, 4) is 11.8 Å². The van der Waals surface area contributed by atoms with Crippen molar-refractivity contribution in [2.75, 3.05) is 5.32 Å². The number of anilines is 1. The van der Waals surface area contributed by atoms with E-state index in [1.807, 2.05) is 55.1 Å². The molecule has 1 fully saturated rings. The summed E-state index contributed by atoms with van der Waals surface area (Å²) in [5.74, 6) is 7.57. The number of amides is 2. The van der Waals surface area contributed by atoms with Crippen molar-refractivity contribution in [2.24, 2.45) is 0 Å². The molecule has 0 saturated heterocycles. The maximum Gasteiger partial charge on any atom is 0.322 e. The van der Waals surface area contributed by atoms with Crippen LogP contribution in [0.15, 0.2) is 40.8 Å². The van der Waals surface area contributed by atoms with Crippen LogP contribution < -0.4 is 5.32 Å². The molecule has 0 aliphatic heterocycles. The monoisotopic (exact) mass is 336 g/mol. The number of nitrogens with zero attached hydrogens (tertiary/aromatic N) is 1. The highest BCUT2D eigenvalue weighted by Gasteiger charge is 2.27. The molecule has 2 aromatic rings. The zero-order chi connectivity index (χ0) is 17.6. The Labute approximate surface area is 149 Å². The van der Waals surface area contributed by atoms with E-state index in [4.69, 9.17) is 4.42 Å². The third-order valence-corrected chi connectivity index (χ3v) is 4.55. The zero-order valence-corrected chi connectivity index (χ0v) is 14.8. The SMILES string of the molecule is CC#Cc1ccc(NC(=O)N(Cc2ccc(C)o2)C2CCCC2)cc1. The number of benzene rings is 1. The Balaban J connectivity index is 1.72. The summed E-state index contributed by atoms with van der Waals surface area (Å²) in [6.45, 7) is 4.24. The number of nitrogens with one attached hydrogen (secondary N) is 1. The number of carbonyl (C=O) groups excluding carboxylic acids is 1. The molecule has 1 aliphatic rings. The van der Waals surface area contributed by atoms with Gasteiger partial charge in [0, 0.05) is 17.3 Å². The molecular formula is C21H24N2O2. The second kappa shape index (κ2) is 7.94. The lowest BCUT2D eigenvalue weighted by Gasteiger charge is -2.28. The molecule has 0 atom stereocenters. The normalized spacial score (nSPS) is 14.0. The molecule has 130 valence electrons. The Morgan fingerprint density at radius 3 is 2.52 bits per heavy atom. The van der Waals surface area contributed by atoms with Crippen LogP contribution in [0.4, 0.5) is 10.5 Å². The number of hydrogen-bond acceptors (Lipinski definition) is 2. The Morgan fingerprint density at radius 2 is 1.92 bits per heavy atom. The molecule has 4 heteroatoms. The van der Waals surface area contributed by atoms with Gasteiger partial charge in [-0.15, -0.1) is 5.92 Å². The molecule has 1 heterocycles. The molecule has 2 amide bonds. The molecule has 3 rings (SSSR count). The van der Waals surface area contributed by atoms with Gasteiger partial charge in [0.25, 0.3) is 0 Å². The first-order valence-electron chi connectivity index (χ1n) is 8.81.